The molecule has 1 aliphatic rings. The monoisotopic (exact) mass is 494 g/mol. The van der Waals surface area contributed by atoms with Crippen molar-refractivity contribution < 1.29 is 50.8 Å². The first-order valence-electron chi connectivity index (χ1n) is 9.84. The first kappa shape index (κ1) is 25.7. The molecule has 0 spiro atoms. The number of pyridine rings is 1. The molecule has 34 heavy (non-hydrogen) atoms. The molecule has 0 unspecified atom stereocenters. The van der Waals surface area contributed by atoms with Gasteiger partial charge in [0.05, 0.1) is 31.3 Å². The molecule has 1 saturated heterocycles. The third kappa shape index (κ3) is 4.68. The number of anilines is 1. The van der Waals surface area contributed by atoms with E-state index in [-0.39, 0.29) is 11.3 Å². The van der Waals surface area contributed by atoms with Gasteiger partial charge in [0.1, 0.15) is 12.2 Å². The molecule has 3 N–H and O–H groups in total. The van der Waals surface area contributed by atoms with Crippen LogP contribution in [-0.4, -0.2) is 52.7 Å². The lowest BCUT2D eigenvalue weighted by molar-refractivity contribution is -0.261. The Hall–Kier alpha value is -2.90. The summed E-state index contributed by atoms with van der Waals surface area (Å²) in [5, 5.41) is 20.8. The normalized spacial score (nSPS) is 23.6. The smallest absolute Gasteiger partial charge is 0.417 e. The number of hydrogen-bond acceptors (Lipinski definition) is 6. The van der Waals surface area contributed by atoms with Crippen LogP contribution in [-0.2, 0) is 9.53 Å². The second kappa shape index (κ2) is 9.39. The molecular weight excluding hydrogens is 474 g/mol. The fourth-order valence-corrected chi connectivity index (χ4v) is 3.71. The summed E-state index contributed by atoms with van der Waals surface area (Å²) in [7, 11) is 0.982. The number of alkyl halides is 3. The summed E-state index contributed by atoms with van der Waals surface area (Å²) in [5.41, 5.74) is -3.86. The standard InChI is InChI=1S/C21H20F6N2O5/c1-20(21(25,26)27)6-10(9-3-4-11(22)16(24)17(9)33-2)18(34-20)19(32)29-13-5-14(15(31)8-30)28-7-12(13)23/h3-5,7,10,15,18,30-31H,6,8H2,1-2H3,(H,28,29,32)/t10-,15-,18+,20+/m1/s1. The summed E-state index contributed by atoms with van der Waals surface area (Å²) in [5.74, 6) is -7.22. The Kier molecular flexibility index (Phi) is 7.10. The lowest BCUT2D eigenvalue weighted by Crippen LogP contribution is -2.43. The fraction of sp³-hybridized carbons (Fsp3) is 0.429. The van der Waals surface area contributed by atoms with Gasteiger partial charge in [-0.3, -0.25) is 9.78 Å². The predicted octanol–water partition coefficient (Wildman–Crippen LogP) is 3.37. The molecular formula is C21H20F6N2O5. The zero-order chi connectivity index (χ0) is 25.4. The largest absolute Gasteiger partial charge is 0.493 e. The predicted molar refractivity (Wildman–Crippen MR) is 104 cm³/mol. The van der Waals surface area contributed by atoms with Crippen molar-refractivity contribution >= 4 is 11.6 Å². The number of nitrogens with zero attached hydrogens (tertiary/aromatic N) is 1. The molecule has 1 amide bonds. The number of carbonyl (C=O) groups is 1. The fourth-order valence-electron chi connectivity index (χ4n) is 3.71. The second-order valence-electron chi connectivity index (χ2n) is 7.84. The molecule has 1 aliphatic heterocycles. The molecule has 186 valence electrons. The topological polar surface area (TPSA) is 101 Å². The van der Waals surface area contributed by atoms with E-state index in [4.69, 9.17) is 14.6 Å². The Balaban J connectivity index is 2.02. The van der Waals surface area contributed by atoms with Crippen LogP contribution in [0.1, 0.15) is 36.6 Å². The maximum Gasteiger partial charge on any atom is 0.417 e. The van der Waals surface area contributed by atoms with E-state index < -0.39 is 77.7 Å². The highest BCUT2D eigenvalue weighted by Gasteiger charge is 2.61. The van der Waals surface area contributed by atoms with Gasteiger partial charge in [-0.15, -0.1) is 0 Å². The number of ether oxygens (including phenoxy) is 2. The number of hydrogen-bond donors (Lipinski definition) is 3. The number of halogens is 6. The van der Waals surface area contributed by atoms with Crippen molar-refractivity contribution in [3.63, 3.8) is 0 Å². The summed E-state index contributed by atoms with van der Waals surface area (Å²) in [6, 6.07) is 2.55. The highest BCUT2D eigenvalue weighted by Crippen LogP contribution is 2.51. The quantitative estimate of drug-likeness (QED) is 0.533. The zero-order valence-electron chi connectivity index (χ0n) is 17.8. The summed E-state index contributed by atoms with van der Waals surface area (Å²) < 4.78 is 93.2. The molecule has 2 heterocycles. The van der Waals surface area contributed by atoms with Crippen molar-refractivity contribution in [1.29, 1.82) is 0 Å². The molecule has 1 fully saturated rings. The summed E-state index contributed by atoms with van der Waals surface area (Å²) >= 11 is 0. The number of benzene rings is 1. The molecule has 0 saturated carbocycles. The molecule has 7 nitrogen and oxygen atoms in total. The Morgan fingerprint density at radius 3 is 2.59 bits per heavy atom. The minimum absolute atomic E-state index is 0.217. The molecule has 13 heteroatoms. The van der Waals surface area contributed by atoms with Crippen molar-refractivity contribution in [2.75, 3.05) is 19.0 Å². The Bertz CT molecular complexity index is 1080. The van der Waals surface area contributed by atoms with Gasteiger partial charge < -0.3 is 25.0 Å². The van der Waals surface area contributed by atoms with Gasteiger partial charge in [-0.25, -0.2) is 8.78 Å². The van der Waals surface area contributed by atoms with Gasteiger partial charge in [-0.2, -0.15) is 17.6 Å². The zero-order valence-corrected chi connectivity index (χ0v) is 17.8. The van der Waals surface area contributed by atoms with E-state index in [1.807, 2.05) is 0 Å². The number of rotatable bonds is 6. The Labute approximate surface area is 189 Å². The van der Waals surface area contributed by atoms with Crippen molar-refractivity contribution in [2.24, 2.45) is 0 Å². The van der Waals surface area contributed by atoms with E-state index in [0.717, 1.165) is 19.2 Å². The number of amides is 1. The van der Waals surface area contributed by atoms with Gasteiger partial charge in [0, 0.05) is 11.5 Å². The summed E-state index contributed by atoms with van der Waals surface area (Å²) in [6.45, 7) is -0.0674. The highest BCUT2D eigenvalue weighted by atomic mass is 19.4. The molecule has 0 radical (unpaired) electrons. The van der Waals surface area contributed by atoms with Crippen molar-refractivity contribution in [2.45, 2.75) is 43.2 Å². The van der Waals surface area contributed by atoms with Crippen LogP contribution in [0.25, 0.3) is 0 Å². The van der Waals surface area contributed by atoms with E-state index >= 15 is 0 Å². The van der Waals surface area contributed by atoms with E-state index in [1.165, 1.54) is 0 Å². The van der Waals surface area contributed by atoms with Gasteiger partial charge in [0.25, 0.3) is 5.91 Å². The maximum atomic E-state index is 14.3. The minimum Gasteiger partial charge on any atom is -0.493 e. The van der Waals surface area contributed by atoms with Gasteiger partial charge >= 0.3 is 6.18 Å². The van der Waals surface area contributed by atoms with Crippen molar-refractivity contribution in [3.05, 3.63) is 53.1 Å². The second-order valence-corrected chi connectivity index (χ2v) is 7.84. The van der Waals surface area contributed by atoms with Crippen LogP contribution in [0.3, 0.4) is 0 Å². The van der Waals surface area contributed by atoms with Gasteiger partial charge in [-0.05, 0) is 25.5 Å². The van der Waals surface area contributed by atoms with Gasteiger partial charge in [-0.1, -0.05) is 6.07 Å². The first-order chi connectivity index (χ1) is 15.8. The first-order valence-corrected chi connectivity index (χ1v) is 9.84. The SMILES string of the molecule is COc1c([C@H]2C[C@@](C)(C(F)(F)F)O[C@@H]2C(=O)Nc2cc([C@H](O)CO)ncc2F)ccc(F)c1F. The molecule has 3 rings (SSSR count). The molecule has 4 atom stereocenters. The van der Waals surface area contributed by atoms with E-state index in [9.17, 15) is 36.2 Å². The van der Waals surface area contributed by atoms with Crippen LogP contribution in [0, 0.1) is 17.5 Å². The molecule has 0 bridgehead atoms. The van der Waals surface area contributed by atoms with Crippen molar-refractivity contribution in [3.8, 4) is 5.75 Å². The highest BCUT2D eigenvalue weighted by molar-refractivity contribution is 5.95. The Morgan fingerprint density at radius 1 is 1.32 bits per heavy atom. The number of nitrogens with one attached hydrogen (secondary N) is 1. The number of carbonyl (C=O) groups excluding carboxylic acids is 1. The summed E-state index contributed by atoms with van der Waals surface area (Å²) in [4.78, 5) is 16.5. The summed E-state index contributed by atoms with van der Waals surface area (Å²) in [6.07, 6.45) is -8.57. The number of methoxy groups -OCH3 is 1. The van der Waals surface area contributed by atoms with Gasteiger partial charge in [0.15, 0.2) is 23.0 Å². The van der Waals surface area contributed by atoms with E-state index in [2.05, 4.69) is 10.3 Å². The van der Waals surface area contributed by atoms with Crippen LogP contribution in [0.4, 0.5) is 32.0 Å². The average Bonchev–Trinajstić information content (AvgIpc) is 3.15. The van der Waals surface area contributed by atoms with Gasteiger partial charge in [0.2, 0.25) is 5.82 Å². The van der Waals surface area contributed by atoms with E-state index in [0.29, 0.717) is 19.2 Å². The Morgan fingerprint density at radius 2 is 2.00 bits per heavy atom. The van der Waals surface area contributed by atoms with Crippen LogP contribution < -0.4 is 10.1 Å². The third-order valence-corrected chi connectivity index (χ3v) is 5.55. The number of aliphatic hydroxyl groups is 2. The van der Waals surface area contributed by atoms with E-state index in [1.54, 1.807) is 0 Å². The van der Waals surface area contributed by atoms with Crippen molar-refractivity contribution in [1.82, 2.24) is 4.98 Å². The lowest BCUT2D eigenvalue weighted by Gasteiger charge is -2.27. The average molecular weight is 494 g/mol. The van der Waals surface area contributed by atoms with Crippen LogP contribution in [0.5, 0.6) is 5.75 Å². The lowest BCUT2D eigenvalue weighted by atomic mass is 9.85. The molecule has 0 aliphatic carbocycles. The van der Waals surface area contributed by atoms with Crippen LogP contribution in [0.15, 0.2) is 24.4 Å². The minimum atomic E-state index is -4.94. The molecule has 1 aromatic heterocycles. The molecule has 1 aromatic carbocycles. The molecule has 2 aromatic rings. The van der Waals surface area contributed by atoms with Crippen LogP contribution in [0.2, 0.25) is 0 Å². The number of aliphatic hydroxyl groups excluding tert-OH is 2. The number of aromatic nitrogens is 1. The maximum absolute atomic E-state index is 14.3. The third-order valence-electron chi connectivity index (χ3n) is 5.55. The van der Waals surface area contributed by atoms with Crippen LogP contribution >= 0.6 is 0 Å².